The van der Waals surface area contributed by atoms with Crippen molar-refractivity contribution in [3.63, 3.8) is 0 Å². The topological polar surface area (TPSA) is 6.48 Å². The average molecular weight is 391 g/mol. The van der Waals surface area contributed by atoms with Crippen molar-refractivity contribution in [2.45, 2.75) is 26.8 Å². The maximum atomic E-state index is 2.57. The van der Waals surface area contributed by atoms with Crippen molar-refractivity contribution in [3.8, 4) is 10.4 Å². The molecule has 0 amide bonds. The van der Waals surface area contributed by atoms with Gasteiger partial charge in [0.15, 0.2) is 0 Å². The summed E-state index contributed by atoms with van der Waals surface area (Å²) in [5.74, 6) is 0. The number of aryl methyl sites for hydroxylation is 2. The molecule has 0 saturated carbocycles. The molecule has 1 fully saturated rings. The number of rotatable bonds is 5. The van der Waals surface area contributed by atoms with Gasteiger partial charge in [0.2, 0.25) is 0 Å². The third kappa shape index (κ3) is 4.72. The predicted octanol–water partition coefficient (Wildman–Crippen LogP) is 5.37. The molecule has 0 bridgehead atoms. The summed E-state index contributed by atoms with van der Waals surface area (Å²) >= 11 is 1.93. The molecule has 146 valence electrons. The van der Waals surface area contributed by atoms with Gasteiger partial charge in [0, 0.05) is 48.9 Å². The molecule has 1 aromatic heterocycles. The molecule has 4 rings (SSSR count). The van der Waals surface area contributed by atoms with E-state index in [4.69, 9.17) is 0 Å². The standard InChI is InChI=1S/C25H30N2S/c1-19-7-8-20(2)23(15-19)17-24-9-10-25(28-24)22-6-4-5-21(16-22)18-27-13-11-26(3)12-14-27/h4-10,15-16H,11-14,17-18H2,1-3H3. The van der Waals surface area contributed by atoms with E-state index in [1.165, 1.54) is 63.8 Å². The highest BCUT2D eigenvalue weighted by Crippen LogP contribution is 2.31. The second-order valence-electron chi connectivity index (χ2n) is 8.15. The van der Waals surface area contributed by atoms with Crippen LogP contribution in [0.3, 0.4) is 0 Å². The average Bonchev–Trinajstić information content (AvgIpc) is 3.15. The smallest absolute Gasteiger partial charge is 0.0345 e. The van der Waals surface area contributed by atoms with E-state index >= 15 is 0 Å². The van der Waals surface area contributed by atoms with Crippen molar-refractivity contribution in [1.82, 2.24) is 9.80 Å². The minimum Gasteiger partial charge on any atom is -0.304 e. The monoisotopic (exact) mass is 390 g/mol. The Morgan fingerprint density at radius 1 is 0.893 bits per heavy atom. The molecule has 0 aliphatic carbocycles. The third-order valence-corrected chi connectivity index (χ3v) is 6.88. The van der Waals surface area contributed by atoms with Crippen LogP contribution in [0, 0.1) is 13.8 Å². The highest BCUT2D eigenvalue weighted by molar-refractivity contribution is 7.15. The lowest BCUT2D eigenvalue weighted by Gasteiger charge is -2.32. The fourth-order valence-corrected chi connectivity index (χ4v) is 4.92. The first-order chi connectivity index (χ1) is 13.6. The van der Waals surface area contributed by atoms with E-state index in [1.54, 1.807) is 0 Å². The Balaban J connectivity index is 1.47. The molecule has 1 aliphatic heterocycles. The van der Waals surface area contributed by atoms with Crippen LogP contribution in [0.15, 0.2) is 54.6 Å². The number of likely N-dealkylation sites (N-methyl/N-ethyl adjacent to an activating group) is 1. The molecule has 0 N–H and O–H groups in total. The Labute approximate surface area is 173 Å². The molecule has 28 heavy (non-hydrogen) atoms. The second-order valence-corrected chi connectivity index (χ2v) is 9.32. The minimum atomic E-state index is 1.03. The van der Waals surface area contributed by atoms with E-state index < -0.39 is 0 Å². The van der Waals surface area contributed by atoms with Crippen molar-refractivity contribution in [2.24, 2.45) is 0 Å². The highest BCUT2D eigenvalue weighted by atomic mass is 32.1. The van der Waals surface area contributed by atoms with Crippen molar-refractivity contribution in [2.75, 3.05) is 33.2 Å². The highest BCUT2D eigenvalue weighted by Gasteiger charge is 2.14. The zero-order valence-corrected chi connectivity index (χ0v) is 18.1. The summed E-state index contributed by atoms with van der Waals surface area (Å²) in [4.78, 5) is 7.80. The molecule has 3 aromatic rings. The summed E-state index contributed by atoms with van der Waals surface area (Å²) in [5, 5.41) is 0. The van der Waals surface area contributed by atoms with Gasteiger partial charge in [-0.1, -0.05) is 42.0 Å². The van der Waals surface area contributed by atoms with Gasteiger partial charge in [0.25, 0.3) is 0 Å². The van der Waals surface area contributed by atoms with Crippen LogP contribution >= 0.6 is 11.3 Å². The van der Waals surface area contributed by atoms with Crippen molar-refractivity contribution >= 4 is 11.3 Å². The van der Waals surface area contributed by atoms with Crippen LogP contribution in [-0.2, 0) is 13.0 Å². The quantitative estimate of drug-likeness (QED) is 0.578. The first-order valence-electron chi connectivity index (χ1n) is 10.2. The fraction of sp³-hybridized carbons (Fsp3) is 0.360. The molecule has 0 spiro atoms. The third-order valence-electron chi connectivity index (χ3n) is 5.74. The number of hydrogen-bond acceptors (Lipinski definition) is 3. The maximum absolute atomic E-state index is 2.57. The van der Waals surface area contributed by atoms with Crippen LogP contribution in [0.2, 0.25) is 0 Å². The minimum absolute atomic E-state index is 1.03. The Kier molecular flexibility index (Phi) is 5.96. The molecule has 0 atom stereocenters. The van der Waals surface area contributed by atoms with E-state index in [2.05, 4.69) is 85.3 Å². The molecule has 2 nitrogen and oxygen atoms in total. The van der Waals surface area contributed by atoms with E-state index in [0.717, 1.165) is 13.0 Å². The summed E-state index contributed by atoms with van der Waals surface area (Å²) < 4.78 is 0. The molecule has 1 aliphatic rings. The molecule has 2 aromatic carbocycles. The summed E-state index contributed by atoms with van der Waals surface area (Å²) in [7, 11) is 2.21. The van der Waals surface area contributed by atoms with Gasteiger partial charge in [-0.15, -0.1) is 11.3 Å². The predicted molar refractivity (Wildman–Crippen MR) is 121 cm³/mol. The zero-order chi connectivity index (χ0) is 19.5. The molecular weight excluding hydrogens is 360 g/mol. The van der Waals surface area contributed by atoms with Crippen LogP contribution < -0.4 is 0 Å². The van der Waals surface area contributed by atoms with Crippen LogP contribution in [0.4, 0.5) is 0 Å². The number of thiophene rings is 1. The Bertz CT molecular complexity index is 935. The van der Waals surface area contributed by atoms with Gasteiger partial charge in [-0.3, -0.25) is 4.90 Å². The number of piperazine rings is 1. The summed E-state index contributed by atoms with van der Waals surface area (Å²) in [6, 6.07) is 20.5. The number of nitrogens with zero attached hydrogens (tertiary/aromatic N) is 2. The number of hydrogen-bond donors (Lipinski definition) is 0. The van der Waals surface area contributed by atoms with E-state index in [0.29, 0.717) is 0 Å². The lowest BCUT2D eigenvalue weighted by atomic mass is 10.0. The summed E-state index contributed by atoms with van der Waals surface area (Å²) in [6.07, 6.45) is 1.03. The van der Waals surface area contributed by atoms with Gasteiger partial charge < -0.3 is 4.90 Å². The van der Waals surface area contributed by atoms with Gasteiger partial charge in [-0.2, -0.15) is 0 Å². The van der Waals surface area contributed by atoms with Gasteiger partial charge in [-0.05, 0) is 61.3 Å². The van der Waals surface area contributed by atoms with Crippen LogP contribution in [0.5, 0.6) is 0 Å². The maximum Gasteiger partial charge on any atom is 0.0345 e. The molecule has 0 unspecified atom stereocenters. The molecule has 1 saturated heterocycles. The van der Waals surface area contributed by atoms with Crippen molar-refractivity contribution in [3.05, 3.63) is 81.7 Å². The molecule has 2 heterocycles. The summed E-state index contributed by atoms with van der Waals surface area (Å²) in [6.45, 7) is 10.1. The normalized spacial score (nSPS) is 15.8. The largest absolute Gasteiger partial charge is 0.304 e. The zero-order valence-electron chi connectivity index (χ0n) is 17.2. The second kappa shape index (κ2) is 8.60. The van der Waals surface area contributed by atoms with E-state index in [1.807, 2.05) is 11.3 Å². The van der Waals surface area contributed by atoms with Gasteiger partial charge >= 0.3 is 0 Å². The van der Waals surface area contributed by atoms with E-state index in [-0.39, 0.29) is 0 Å². The Morgan fingerprint density at radius 2 is 1.71 bits per heavy atom. The van der Waals surface area contributed by atoms with Crippen LogP contribution in [0.25, 0.3) is 10.4 Å². The van der Waals surface area contributed by atoms with Crippen LogP contribution in [0.1, 0.15) is 27.1 Å². The lowest BCUT2D eigenvalue weighted by Crippen LogP contribution is -2.43. The van der Waals surface area contributed by atoms with Crippen molar-refractivity contribution < 1.29 is 0 Å². The summed E-state index contributed by atoms with van der Waals surface area (Å²) in [5.41, 5.74) is 6.94. The van der Waals surface area contributed by atoms with Gasteiger partial charge in [-0.25, -0.2) is 0 Å². The van der Waals surface area contributed by atoms with Crippen molar-refractivity contribution in [1.29, 1.82) is 0 Å². The first-order valence-corrected chi connectivity index (χ1v) is 11.0. The van der Waals surface area contributed by atoms with E-state index in [9.17, 15) is 0 Å². The SMILES string of the molecule is Cc1ccc(C)c(Cc2ccc(-c3cccc(CN4CCN(C)CC4)c3)s2)c1. The Hall–Kier alpha value is -1.94. The molecule has 3 heteroatoms. The van der Waals surface area contributed by atoms with Crippen LogP contribution in [-0.4, -0.2) is 43.0 Å². The number of benzene rings is 2. The molecule has 0 radical (unpaired) electrons. The fourth-order valence-electron chi connectivity index (χ4n) is 3.89. The lowest BCUT2D eigenvalue weighted by molar-refractivity contribution is 0.148. The molecular formula is C25H30N2S. The first kappa shape index (κ1) is 19.4. The Morgan fingerprint density at radius 3 is 2.54 bits per heavy atom. The van der Waals surface area contributed by atoms with Gasteiger partial charge in [0.05, 0.1) is 0 Å². The van der Waals surface area contributed by atoms with Gasteiger partial charge in [0.1, 0.15) is 0 Å².